The van der Waals surface area contributed by atoms with Crippen LogP contribution in [-0.4, -0.2) is 42.0 Å². The molecule has 0 amide bonds. The van der Waals surface area contributed by atoms with E-state index in [-0.39, 0.29) is 17.3 Å². The number of hydrogen-bond acceptors (Lipinski definition) is 4. The lowest BCUT2D eigenvalue weighted by Gasteiger charge is -2.28. The number of rotatable bonds is 8. The zero-order chi connectivity index (χ0) is 17.8. The highest BCUT2D eigenvalue weighted by Gasteiger charge is 2.55. The molecule has 11 heteroatoms. The van der Waals surface area contributed by atoms with Crippen molar-refractivity contribution in [1.82, 2.24) is 0 Å². The largest absolute Gasteiger partial charge is 0.546 e. The summed E-state index contributed by atoms with van der Waals surface area (Å²) in [7, 11) is -8.04. The number of carbonyl (C=O) groups is 2. The van der Waals surface area contributed by atoms with E-state index in [1.54, 1.807) is 0 Å². The van der Waals surface area contributed by atoms with Crippen molar-refractivity contribution < 1.29 is 43.6 Å². The number of carboxylic acid groups (broad SMARTS) is 2. The molecule has 0 saturated heterocycles. The van der Waals surface area contributed by atoms with Gasteiger partial charge >= 0.3 is 27.6 Å². The zero-order valence-electron chi connectivity index (χ0n) is 11.7. The monoisotopic (exact) mass is 365 g/mol. The van der Waals surface area contributed by atoms with E-state index in [1.807, 2.05) is 0 Å². The highest BCUT2D eigenvalue weighted by molar-refractivity contribution is 7.54. The highest BCUT2D eigenvalue weighted by atomic mass is 31.2. The Balaban J connectivity index is 3.23. The molecule has 0 spiro atoms. The van der Waals surface area contributed by atoms with E-state index in [2.05, 4.69) is 0 Å². The summed E-state index contributed by atoms with van der Waals surface area (Å²) in [5.41, 5.74) is 0.223. The van der Waals surface area contributed by atoms with Crippen molar-refractivity contribution >= 4 is 32.9 Å². The fourth-order valence-electron chi connectivity index (χ4n) is 2.14. The van der Waals surface area contributed by atoms with Gasteiger partial charge in [0.1, 0.15) is 0 Å². The molecular formula is C12H15O9P2+. The van der Waals surface area contributed by atoms with Crippen LogP contribution < -0.4 is 5.30 Å². The summed E-state index contributed by atoms with van der Waals surface area (Å²) >= 11 is 0. The van der Waals surface area contributed by atoms with Gasteiger partial charge in [0, 0.05) is 5.56 Å². The van der Waals surface area contributed by atoms with Gasteiger partial charge in [0.15, 0.2) is 5.16 Å². The third-order valence-electron chi connectivity index (χ3n) is 3.40. The molecule has 1 rings (SSSR count). The predicted octanol–water partition coefficient (Wildman–Crippen LogP) is 0.455. The standard InChI is InChI=1S/C12H14O9P2/c13-10(14)7-12(11(15)16,23(19,20)21)6-5-8-3-1-2-4-9(8)22(17)18/h1-4H,5-7H2,(H4-,13,14,15,16,17,18,19,20,21)/p+1. The second kappa shape index (κ2) is 7.29. The first-order valence-corrected chi connectivity index (χ1v) is 9.08. The molecule has 0 aliphatic rings. The van der Waals surface area contributed by atoms with Gasteiger partial charge in [-0.2, -0.15) is 4.89 Å². The summed E-state index contributed by atoms with van der Waals surface area (Å²) in [6, 6.07) is 5.72. The minimum atomic E-state index is -5.31. The zero-order valence-corrected chi connectivity index (χ0v) is 13.5. The van der Waals surface area contributed by atoms with Crippen molar-refractivity contribution in [3.8, 4) is 0 Å². The van der Waals surface area contributed by atoms with Gasteiger partial charge in [-0.3, -0.25) is 14.2 Å². The van der Waals surface area contributed by atoms with Gasteiger partial charge in [0.05, 0.1) is 6.42 Å². The molecule has 0 radical (unpaired) electrons. The SMILES string of the molecule is O=C(O)CC(CCc1ccccc1[P+](=O)O)(C(=O)O)P(=O)(O)O. The number of carboxylic acids is 2. The number of aliphatic carboxylic acids is 2. The second-order valence-electron chi connectivity index (χ2n) is 4.85. The van der Waals surface area contributed by atoms with Crippen molar-refractivity contribution in [2.24, 2.45) is 0 Å². The summed E-state index contributed by atoms with van der Waals surface area (Å²) in [6.45, 7) is 0. The Bertz CT molecular complexity index is 681. The van der Waals surface area contributed by atoms with Crippen LogP contribution in [0.5, 0.6) is 0 Å². The Morgan fingerprint density at radius 1 is 1.17 bits per heavy atom. The fourth-order valence-corrected chi connectivity index (χ4v) is 3.78. The van der Waals surface area contributed by atoms with E-state index in [0.717, 1.165) is 0 Å². The molecular weight excluding hydrogens is 350 g/mol. The molecule has 0 fully saturated rings. The molecule has 126 valence electrons. The molecule has 9 nitrogen and oxygen atoms in total. The van der Waals surface area contributed by atoms with Gasteiger partial charge in [-0.15, -0.1) is 0 Å². The average molecular weight is 365 g/mol. The van der Waals surface area contributed by atoms with E-state index >= 15 is 0 Å². The Morgan fingerprint density at radius 3 is 2.17 bits per heavy atom. The van der Waals surface area contributed by atoms with Gasteiger partial charge in [0.2, 0.25) is 5.30 Å². The van der Waals surface area contributed by atoms with Crippen molar-refractivity contribution in [2.45, 2.75) is 24.4 Å². The van der Waals surface area contributed by atoms with Crippen molar-refractivity contribution in [3.05, 3.63) is 29.8 Å². The Hall–Kier alpha value is -1.63. The van der Waals surface area contributed by atoms with Gasteiger partial charge in [0.25, 0.3) is 0 Å². The summed E-state index contributed by atoms with van der Waals surface area (Å²) in [6.07, 6.45) is -2.23. The molecule has 1 aromatic rings. The molecule has 0 aromatic heterocycles. The van der Waals surface area contributed by atoms with E-state index in [1.165, 1.54) is 24.3 Å². The van der Waals surface area contributed by atoms with Crippen LogP contribution in [0.15, 0.2) is 24.3 Å². The van der Waals surface area contributed by atoms with Crippen LogP contribution in [-0.2, 0) is 25.1 Å². The molecule has 0 saturated carbocycles. The lowest BCUT2D eigenvalue weighted by Crippen LogP contribution is -2.41. The molecule has 5 N–H and O–H groups in total. The van der Waals surface area contributed by atoms with Crippen molar-refractivity contribution in [1.29, 1.82) is 0 Å². The smallest absolute Gasteiger partial charge is 0.481 e. The highest BCUT2D eigenvalue weighted by Crippen LogP contribution is 2.55. The van der Waals surface area contributed by atoms with Crippen LogP contribution in [0.4, 0.5) is 0 Å². The normalized spacial score (nSPS) is 14.8. The van der Waals surface area contributed by atoms with E-state index in [4.69, 9.17) is 5.11 Å². The number of hydrogen-bond donors (Lipinski definition) is 5. The van der Waals surface area contributed by atoms with Gasteiger partial charge in [-0.05, 0) is 23.5 Å². The lowest BCUT2D eigenvalue weighted by atomic mass is 9.95. The first-order chi connectivity index (χ1) is 10.5. The topological polar surface area (TPSA) is 169 Å². The lowest BCUT2D eigenvalue weighted by molar-refractivity contribution is -0.147. The van der Waals surface area contributed by atoms with Crippen LogP contribution in [0.3, 0.4) is 0 Å². The molecule has 0 heterocycles. The summed E-state index contributed by atoms with van der Waals surface area (Å²) in [5.74, 6) is -3.60. The molecule has 0 aliphatic carbocycles. The van der Waals surface area contributed by atoms with E-state index in [9.17, 15) is 38.5 Å². The van der Waals surface area contributed by atoms with Gasteiger partial charge in [-0.25, -0.2) is 0 Å². The van der Waals surface area contributed by atoms with Crippen LogP contribution in [0.2, 0.25) is 0 Å². The number of benzene rings is 1. The Kier molecular flexibility index (Phi) is 6.16. The maximum absolute atomic E-state index is 11.6. The van der Waals surface area contributed by atoms with Crippen LogP contribution in [0.1, 0.15) is 18.4 Å². The molecule has 0 aliphatic heterocycles. The minimum Gasteiger partial charge on any atom is -0.481 e. The first-order valence-electron chi connectivity index (χ1n) is 6.26. The maximum Gasteiger partial charge on any atom is 0.546 e. The molecule has 1 aromatic carbocycles. The van der Waals surface area contributed by atoms with Gasteiger partial charge < -0.3 is 20.0 Å². The fraction of sp³-hybridized carbons (Fsp3) is 0.333. The van der Waals surface area contributed by atoms with E-state index in [0.29, 0.717) is 0 Å². The van der Waals surface area contributed by atoms with Gasteiger partial charge in [-0.1, -0.05) is 18.2 Å². The van der Waals surface area contributed by atoms with Crippen LogP contribution in [0, 0.1) is 0 Å². The molecule has 23 heavy (non-hydrogen) atoms. The first kappa shape index (κ1) is 19.4. The summed E-state index contributed by atoms with van der Waals surface area (Å²) in [5, 5.41) is 15.2. The quantitative estimate of drug-likeness (QED) is 0.411. The van der Waals surface area contributed by atoms with E-state index < -0.39 is 45.6 Å². The predicted molar refractivity (Wildman–Crippen MR) is 78.9 cm³/mol. The van der Waals surface area contributed by atoms with Crippen molar-refractivity contribution in [3.63, 3.8) is 0 Å². The second-order valence-corrected chi connectivity index (χ2v) is 7.82. The molecule has 2 unspecified atom stereocenters. The molecule has 2 atom stereocenters. The Labute approximate surface area is 131 Å². The third-order valence-corrected chi connectivity index (χ3v) is 5.94. The van der Waals surface area contributed by atoms with Crippen molar-refractivity contribution in [2.75, 3.05) is 0 Å². The molecule has 0 bridgehead atoms. The summed E-state index contributed by atoms with van der Waals surface area (Å²) in [4.78, 5) is 50.2. The minimum absolute atomic E-state index is 0.00262. The third kappa shape index (κ3) is 4.43. The van der Waals surface area contributed by atoms with Crippen LogP contribution >= 0.6 is 15.6 Å². The number of aryl methyl sites for hydroxylation is 1. The maximum atomic E-state index is 11.6. The van der Waals surface area contributed by atoms with Crippen LogP contribution in [0.25, 0.3) is 0 Å². The summed E-state index contributed by atoms with van der Waals surface area (Å²) < 4.78 is 22.9. The Morgan fingerprint density at radius 2 is 1.74 bits per heavy atom. The average Bonchev–Trinajstić information content (AvgIpc) is 2.41.